The number of fused-ring (bicyclic) bond motifs is 1. The van der Waals surface area contributed by atoms with Crippen molar-refractivity contribution in [3.63, 3.8) is 0 Å². The number of nitrogens with zero attached hydrogens (tertiary/aromatic N) is 3. The predicted octanol–water partition coefficient (Wildman–Crippen LogP) is 3.65. The molecule has 2 aliphatic heterocycles. The molecule has 0 aromatic heterocycles. The predicted molar refractivity (Wildman–Crippen MR) is 119 cm³/mol. The number of imide groups is 1. The second kappa shape index (κ2) is 8.03. The second-order valence-corrected chi connectivity index (χ2v) is 7.69. The van der Waals surface area contributed by atoms with Gasteiger partial charge >= 0.3 is 0 Å². The van der Waals surface area contributed by atoms with Gasteiger partial charge in [0, 0.05) is 12.1 Å². The molecule has 0 aliphatic carbocycles. The number of anilines is 2. The van der Waals surface area contributed by atoms with Crippen LogP contribution in [0.25, 0.3) is 0 Å². The fourth-order valence-electron chi connectivity index (χ4n) is 4.43. The maximum atomic E-state index is 13.7. The summed E-state index contributed by atoms with van der Waals surface area (Å²) in [4.78, 5) is 45.1. The average molecular weight is 445 g/mol. The molecule has 0 spiro atoms. The Bertz CT molecular complexity index is 1250. The fourth-order valence-corrected chi connectivity index (χ4v) is 4.43. The average Bonchev–Trinajstić information content (AvgIpc) is 3.35. The van der Waals surface area contributed by atoms with Crippen molar-refractivity contribution in [1.82, 2.24) is 0 Å². The lowest BCUT2D eigenvalue weighted by molar-refractivity contribution is -0.384. The lowest BCUT2D eigenvalue weighted by Crippen LogP contribution is -2.37. The first-order valence-electron chi connectivity index (χ1n) is 10.3. The summed E-state index contributed by atoms with van der Waals surface area (Å²) in [6.07, 6.45) is -1.08. The van der Waals surface area contributed by atoms with Gasteiger partial charge in [0.1, 0.15) is 11.7 Å². The quantitative estimate of drug-likeness (QED) is 0.336. The third kappa shape index (κ3) is 3.30. The van der Waals surface area contributed by atoms with E-state index in [1.54, 1.807) is 48.5 Å². The SMILES string of the molecule is COc1ccccc1N1C(=O)[C@@H]2[C@H](ON(c3ccccc3)[C@H]2c2cccc([N+](=O)[O-])c2)C1=O. The molecule has 3 aromatic carbocycles. The Morgan fingerprint density at radius 3 is 2.39 bits per heavy atom. The molecule has 166 valence electrons. The van der Waals surface area contributed by atoms with Crippen LogP contribution in [0, 0.1) is 16.0 Å². The summed E-state index contributed by atoms with van der Waals surface area (Å²) in [6, 6.07) is 21.1. The van der Waals surface area contributed by atoms with Gasteiger partial charge in [0.25, 0.3) is 11.6 Å². The van der Waals surface area contributed by atoms with Gasteiger partial charge < -0.3 is 4.74 Å². The number of amides is 2. The van der Waals surface area contributed by atoms with E-state index in [0.717, 1.165) is 4.90 Å². The van der Waals surface area contributed by atoms with E-state index in [1.807, 2.05) is 18.2 Å². The Kier molecular flexibility index (Phi) is 5.02. The van der Waals surface area contributed by atoms with E-state index in [4.69, 9.17) is 9.57 Å². The fraction of sp³-hybridized carbons (Fsp3) is 0.167. The summed E-state index contributed by atoms with van der Waals surface area (Å²) in [5.41, 5.74) is 1.36. The van der Waals surface area contributed by atoms with Gasteiger partial charge in [-0.15, -0.1) is 0 Å². The molecular weight excluding hydrogens is 426 g/mol. The van der Waals surface area contributed by atoms with Crippen LogP contribution in [-0.4, -0.2) is 30.0 Å². The Labute approximate surface area is 188 Å². The van der Waals surface area contributed by atoms with E-state index in [1.165, 1.54) is 24.3 Å². The topological polar surface area (TPSA) is 102 Å². The van der Waals surface area contributed by atoms with Crippen LogP contribution in [0.4, 0.5) is 17.1 Å². The number of para-hydroxylation sites is 3. The van der Waals surface area contributed by atoms with Crippen LogP contribution >= 0.6 is 0 Å². The zero-order chi connectivity index (χ0) is 23.1. The van der Waals surface area contributed by atoms with E-state index in [-0.39, 0.29) is 5.69 Å². The van der Waals surface area contributed by atoms with Crippen LogP contribution in [-0.2, 0) is 14.4 Å². The molecule has 2 saturated heterocycles. The van der Waals surface area contributed by atoms with Crippen molar-refractivity contribution in [3.8, 4) is 5.75 Å². The minimum atomic E-state index is -1.08. The molecule has 0 N–H and O–H groups in total. The van der Waals surface area contributed by atoms with E-state index >= 15 is 0 Å². The molecule has 2 aliphatic rings. The smallest absolute Gasteiger partial charge is 0.269 e. The molecule has 0 radical (unpaired) electrons. The van der Waals surface area contributed by atoms with Crippen molar-refractivity contribution in [2.45, 2.75) is 12.1 Å². The van der Waals surface area contributed by atoms with E-state index in [9.17, 15) is 19.7 Å². The highest BCUT2D eigenvalue weighted by Crippen LogP contribution is 2.48. The summed E-state index contributed by atoms with van der Waals surface area (Å²) in [5.74, 6) is -1.48. The first kappa shape index (κ1) is 20.7. The molecule has 33 heavy (non-hydrogen) atoms. The van der Waals surface area contributed by atoms with Crippen molar-refractivity contribution in [1.29, 1.82) is 0 Å². The van der Waals surface area contributed by atoms with Crippen LogP contribution in [0.2, 0.25) is 0 Å². The van der Waals surface area contributed by atoms with Crippen molar-refractivity contribution in [3.05, 3.63) is 94.5 Å². The number of benzene rings is 3. The van der Waals surface area contributed by atoms with Crippen molar-refractivity contribution in [2.24, 2.45) is 5.92 Å². The van der Waals surface area contributed by atoms with Crippen molar-refractivity contribution >= 4 is 28.9 Å². The molecule has 3 aromatic rings. The van der Waals surface area contributed by atoms with Gasteiger partial charge in [0.15, 0.2) is 6.10 Å². The summed E-state index contributed by atoms with van der Waals surface area (Å²) in [6.45, 7) is 0. The minimum Gasteiger partial charge on any atom is -0.495 e. The number of carbonyl (C=O) groups excluding carboxylic acids is 2. The Morgan fingerprint density at radius 1 is 0.939 bits per heavy atom. The van der Waals surface area contributed by atoms with Gasteiger partial charge in [0.2, 0.25) is 5.91 Å². The first-order valence-corrected chi connectivity index (χ1v) is 10.3. The maximum absolute atomic E-state index is 13.7. The molecule has 9 nitrogen and oxygen atoms in total. The standard InChI is InChI=1S/C24H19N3O6/c1-32-19-13-6-5-12-18(19)25-23(28)20-21(15-8-7-11-17(14-15)27(30)31)26(33-22(20)24(25)29)16-9-3-2-4-10-16/h2-14,20-22H,1H3/t20-,21-,22-/m0/s1. The lowest BCUT2D eigenvalue weighted by Gasteiger charge is -2.29. The largest absolute Gasteiger partial charge is 0.495 e. The summed E-state index contributed by atoms with van der Waals surface area (Å²) < 4.78 is 5.35. The molecule has 5 rings (SSSR count). The zero-order valence-electron chi connectivity index (χ0n) is 17.5. The first-order chi connectivity index (χ1) is 16.0. The number of hydrogen-bond acceptors (Lipinski definition) is 7. The van der Waals surface area contributed by atoms with Crippen LogP contribution in [0.15, 0.2) is 78.9 Å². The molecule has 0 unspecified atom stereocenters. The van der Waals surface area contributed by atoms with Crippen LogP contribution in [0.3, 0.4) is 0 Å². The van der Waals surface area contributed by atoms with Crippen molar-refractivity contribution < 1.29 is 24.1 Å². The molecule has 2 heterocycles. The molecule has 0 bridgehead atoms. The minimum absolute atomic E-state index is 0.109. The number of hydrogen-bond donors (Lipinski definition) is 0. The molecule has 0 saturated carbocycles. The van der Waals surface area contributed by atoms with Gasteiger partial charge in [-0.05, 0) is 29.8 Å². The van der Waals surface area contributed by atoms with E-state index in [2.05, 4.69) is 0 Å². The number of non-ortho nitro benzene ring substituents is 1. The summed E-state index contributed by atoms with van der Waals surface area (Å²) >= 11 is 0. The molecule has 2 fully saturated rings. The lowest BCUT2D eigenvalue weighted by atomic mass is 9.90. The third-order valence-electron chi connectivity index (χ3n) is 5.87. The molecular formula is C24H19N3O6. The van der Waals surface area contributed by atoms with Gasteiger partial charge in [0.05, 0.1) is 29.4 Å². The number of carbonyl (C=O) groups is 2. The van der Waals surface area contributed by atoms with Crippen LogP contribution < -0.4 is 14.7 Å². The summed E-state index contributed by atoms with van der Waals surface area (Å²) in [7, 11) is 1.46. The number of ether oxygens (including phenoxy) is 1. The Hall–Kier alpha value is -4.24. The number of nitro groups is 1. The highest BCUT2D eigenvalue weighted by molar-refractivity contribution is 6.24. The van der Waals surface area contributed by atoms with E-state index in [0.29, 0.717) is 22.7 Å². The highest BCUT2D eigenvalue weighted by atomic mass is 16.7. The molecule has 2 amide bonds. The molecule has 9 heteroatoms. The Morgan fingerprint density at radius 2 is 1.67 bits per heavy atom. The highest BCUT2D eigenvalue weighted by Gasteiger charge is 2.60. The van der Waals surface area contributed by atoms with Gasteiger partial charge in [-0.25, -0.2) is 9.96 Å². The van der Waals surface area contributed by atoms with Gasteiger partial charge in [-0.2, -0.15) is 0 Å². The van der Waals surface area contributed by atoms with Gasteiger partial charge in [-0.3, -0.25) is 24.5 Å². The Balaban J connectivity index is 1.62. The third-order valence-corrected chi connectivity index (χ3v) is 5.87. The maximum Gasteiger partial charge on any atom is 0.269 e. The van der Waals surface area contributed by atoms with Crippen molar-refractivity contribution in [2.75, 3.05) is 17.1 Å². The number of hydroxylamine groups is 1. The van der Waals surface area contributed by atoms with E-state index < -0.39 is 34.8 Å². The number of methoxy groups -OCH3 is 1. The zero-order valence-corrected chi connectivity index (χ0v) is 17.5. The normalized spacial score (nSPS) is 21.9. The number of rotatable bonds is 5. The molecule has 3 atom stereocenters. The monoisotopic (exact) mass is 445 g/mol. The summed E-state index contributed by atoms with van der Waals surface area (Å²) in [5, 5.41) is 12.9. The second-order valence-electron chi connectivity index (χ2n) is 7.69. The number of nitro benzene ring substituents is 1. The van der Waals surface area contributed by atoms with Crippen LogP contribution in [0.5, 0.6) is 5.75 Å². The van der Waals surface area contributed by atoms with Gasteiger partial charge in [-0.1, -0.05) is 42.5 Å². The van der Waals surface area contributed by atoms with Crippen LogP contribution in [0.1, 0.15) is 11.6 Å².